The third kappa shape index (κ3) is 3.96. The molecule has 3 aliphatic rings. The molecule has 5 rings (SSSR count). The van der Waals surface area contributed by atoms with Crippen molar-refractivity contribution in [2.75, 3.05) is 32.4 Å². The molecule has 1 aromatic heterocycles. The van der Waals surface area contributed by atoms with Crippen LogP contribution in [0.25, 0.3) is 11.1 Å². The van der Waals surface area contributed by atoms with Crippen molar-refractivity contribution in [1.29, 1.82) is 0 Å². The van der Waals surface area contributed by atoms with Gasteiger partial charge in [0.15, 0.2) is 0 Å². The number of rotatable bonds is 3. The fourth-order valence-electron chi connectivity index (χ4n) is 5.82. The van der Waals surface area contributed by atoms with Crippen LogP contribution in [0.3, 0.4) is 0 Å². The largest absolute Gasteiger partial charge is 0.343 e. The van der Waals surface area contributed by atoms with Crippen LogP contribution in [0.5, 0.6) is 0 Å². The molecule has 0 spiro atoms. The van der Waals surface area contributed by atoms with Gasteiger partial charge >= 0.3 is 0 Å². The normalized spacial score (nSPS) is 24.1. The Labute approximate surface area is 188 Å². The average molecular weight is 438 g/mol. The molecule has 164 valence electrons. The zero-order valence-electron chi connectivity index (χ0n) is 18.4. The fraction of sp³-hybridized carbons (Fsp3) is 0.520. The molecular weight excluding hydrogens is 406 g/mol. The molecule has 31 heavy (non-hydrogen) atoms. The lowest BCUT2D eigenvalue weighted by molar-refractivity contribution is -0.130. The number of likely N-dealkylation sites (tertiary alicyclic amines) is 2. The van der Waals surface area contributed by atoms with Crippen LogP contribution in [0.2, 0.25) is 0 Å². The van der Waals surface area contributed by atoms with Crippen LogP contribution < -0.4 is 5.56 Å². The van der Waals surface area contributed by atoms with Crippen LogP contribution in [-0.2, 0) is 11.3 Å². The first-order chi connectivity index (χ1) is 15.0. The number of aromatic nitrogens is 1. The van der Waals surface area contributed by atoms with Crippen LogP contribution in [0.15, 0.2) is 46.1 Å². The number of nitrogens with zero attached hydrogens (tertiary/aromatic N) is 3. The molecule has 0 N–H and O–H groups in total. The first kappa shape index (κ1) is 20.8. The van der Waals surface area contributed by atoms with Gasteiger partial charge in [-0.25, -0.2) is 0 Å². The second kappa shape index (κ2) is 8.47. The Morgan fingerprint density at radius 3 is 2.42 bits per heavy atom. The molecule has 2 saturated heterocycles. The number of amides is 1. The molecule has 5 nitrogen and oxygen atoms in total. The summed E-state index contributed by atoms with van der Waals surface area (Å²) in [6.07, 6.45) is 5.38. The van der Waals surface area contributed by atoms with E-state index in [1.54, 1.807) is 18.7 Å². The maximum Gasteiger partial charge on any atom is 0.258 e. The highest BCUT2D eigenvalue weighted by Gasteiger charge is 2.38. The SMILES string of the molecule is CSc1ccc(-c2ccc3n(c2=O)C[C@@H]2C[C@@H]3CN(C3CCN(C(C)=O)CC3)C2)cc1. The van der Waals surface area contributed by atoms with Gasteiger partial charge in [0.25, 0.3) is 5.56 Å². The quantitative estimate of drug-likeness (QED) is 0.688. The second-order valence-corrected chi connectivity index (χ2v) is 10.2. The highest BCUT2D eigenvalue weighted by Crippen LogP contribution is 2.37. The van der Waals surface area contributed by atoms with E-state index in [0.29, 0.717) is 17.9 Å². The molecule has 2 atom stereocenters. The van der Waals surface area contributed by atoms with Gasteiger partial charge in [-0.05, 0) is 61.3 Å². The minimum Gasteiger partial charge on any atom is -0.343 e. The first-order valence-corrected chi connectivity index (χ1v) is 12.6. The minimum atomic E-state index is 0.160. The van der Waals surface area contributed by atoms with Gasteiger partial charge in [0.2, 0.25) is 5.91 Å². The predicted octanol–water partition coefficient (Wildman–Crippen LogP) is 3.67. The van der Waals surface area contributed by atoms with Gasteiger partial charge in [0.05, 0.1) is 0 Å². The van der Waals surface area contributed by atoms with Gasteiger partial charge in [-0.2, -0.15) is 0 Å². The molecule has 3 aliphatic heterocycles. The number of fused-ring (bicyclic) bond motifs is 4. The zero-order chi connectivity index (χ0) is 21.5. The Hall–Kier alpha value is -2.05. The number of pyridine rings is 1. The van der Waals surface area contributed by atoms with Crippen molar-refractivity contribution in [1.82, 2.24) is 14.4 Å². The smallest absolute Gasteiger partial charge is 0.258 e. The van der Waals surface area contributed by atoms with Crippen molar-refractivity contribution < 1.29 is 4.79 Å². The number of thioether (sulfide) groups is 1. The molecule has 0 aliphatic carbocycles. The van der Waals surface area contributed by atoms with Gasteiger partial charge in [-0.3, -0.25) is 14.5 Å². The van der Waals surface area contributed by atoms with E-state index in [1.807, 2.05) is 11.0 Å². The van der Waals surface area contributed by atoms with Crippen LogP contribution >= 0.6 is 11.8 Å². The molecule has 0 unspecified atom stereocenters. The Bertz CT molecular complexity index is 1020. The van der Waals surface area contributed by atoms with E-state index in [0.717, 1.165) is 56.7 Å². The Morgan fingerprint density at radius 2 is 1.74 bits per heavy atom. The van der Waals surface area contributed by atoms with Crippen LogP contribution in [-0.4, -0.2) is 58.8 Å². The van der Waals surface area contributed by atoms with Crippen molar-refractivity contribution >= 4 is 17.7 Å². The zero-order valence-corrected chi connectivity index (χ0v) is 19.2. The fourth-order valence-corrected chi connectivity index (χ4v) is 6.23. The molecule has 2 fully saturated rings. The third-order valence-electron chi connectivity index (χ3n) is 7.46. The summed E-state index contributed by atoms with van der Waals surface area (Å²) in [7, 11) is 0. The van der Waals surface area contributed by atoms with Crippen molar-refractivity contribution in [2.24, 2.45) is 5.92 Å². The Kier molecular flexibility index (Phi) is 5.69. The highest BCUT2D eigenvalue weighted by molar-refractivity contribution is 7.98. The minimum absolute atomic E-state index is 0.160. The summed E-state index contributed by atoms with van der Waals surface area (Å²) in [6.45, 7) is 6.35. The summed E-state index contributed by atoms with van der Waals surface area (Å²) in [6, 6.07) is 13.1. The van der Waals surface area contributed by atoms with Gasteiger partial charge in [0.1, 0.15) is 0 Å². The van der Waals surface area contributed by atoms with Gasteiger partial charge in [-0.15, -0.1) is 11.8 Å². The van der Waals surface area contributed by atoms with Crippen molar-refractivity contribution in [3.8, 4) is 11.1 Å². The monoisotopic (exact) mass is 437 g/mol. The van der Waals surface area contributed by atoms with Crippen LogP contribution in [0.4, 0.5) is 0 Å². The van der Waals surface area contributed by atoms with Crippen LogP contribution in [0, 0.1) is 5.92 Å². The molecule has 4 heterocycles. The molecule has 2 aromatic rings. The van der Waals surface area contributed by atoms with E-state index in [2.05, 4.69) is 46.1 Å². The summed E-state index contributed by atoms with van der Waals surface area (Å²) in [5.74, 6) is 1.16. The molecule has 1 amide bonds. The molecule has 0 radical (unpaired) electrons. The topological polar surface area (TPSA) is 45.6 Å². The van der Waals surface area contributed by atoms with E-state index in [4.69, 9.17) is 0 Å². The van der Waals surface area contributed by atoms with Gasteiger partial charge < -0.3 is 9.47 Å². The number of hydrogen-bond donors (Lipinski definition) is 0. The summed E-state index contributed by atoms with van der Waals surface area (Å²) in [4.78, 5) is 30.9. The number of benzene rings is 1. The van der Waals surface area contributed by atoms with E-state index in [9.17, 15) is 9.59 Å². The molecule has 1 aromatic carbocycles. The summed E-state index contributed by atoms with van der Waals surface area (Å²) < 4.78 is 2.06. The van der Waals surface area contributed by atoms with Gasteiger partial charge in [0, 0.05) is 67.8 Å². The number of piperidine rings is 2. The number of carbonyl (C=O) groups excluding carboxylic acids is 1. The van der Waals surface area contributed by atoms with E-state index < -0.39 is 0 Å². The average Bonchev–Trinajstić information content (AvgIpc) is 2.80. The molecular formula is C25H31N3O2S. The third-order valence-corrected chi connectivity index (χ3v) is 8.20. The Balaban J connectivity index is 1.36. The van der Waals surface area contributed by atoms with Gasteiger partial charge in [-0.1, -0.05) is 12.1 Å². The van der Waals surface area contributed by atoms with Crippen molar-refractivity contribution in [2.45, 2.75) is 49.6 Å². The molecule has 6 heteroatoms. The Morgan fingerprint density at radius 1 is 1.00 bits per heavy atom. The maximum absolute atomic E-state index is 13.4. The summed E-state index contributed by atoms with van der Waals surface area (Å²) in [5.41, 5.74) is 3.18. The molecule has 0 saturated carbocycles. The predicted molar refractivity (Wildman–Crippen MR) is 126 cm³/mol. The standard InChI is InChI=1S/C25H31N3O2S/c1-17(29)26-11-9-21(10-12-26)27-14-18-13-20(16-27)24-8-7-23(25(30)28(24)15-18)19-3-5-22(31-2)6-4-19/h3-8,18,20-21H,9-16H2,1-2H3/t18-,20-/m1/s1. The lowest BCUT2D eigenvalue weighted by Gasteiger charge is -2.47. The van der Waals surface area contributed by atoms with Crippen LogP contribution in [0.1, 0.15) is 37.8 Å². The number of hydrogen-bond acceptors (Lipinski definition) is 4. The summed E-state index contributed by atoms with van der Waals surface area (Å²) in [5, 5.41) is 0. The second-order valence-electron chi connectivity index (χ2n) is 9.31. The van der Waals surface area contributed by atoms with Crippen molar-refractivity contribution in [3.05, 3.63) is 52.4 Å². The van der Waals surface area contributed by atoms with E-state index in [1.165, 1.54) is 17.0 Å². The number of carbonyl (C=O) groups is 1. The maximum atomic E-state index is 13.4. The lowest BCUT2D eigenvalue weighted by Crippen LogP contribution is -2.53. The van der Waals surface area contributed by atoms with E-state index >= 15 is 0 Å². The van der Waals surface area contributed by atoms with E-state index in [-0.39, 0.29) is 11.5 Å². The highest BCUT2D eigenvalue weighted by atomic mass is 32.2. The molecule has 2 bridgehead atoms. The summed E-state index contributed by atoms with van der Waals surface area (Å²) >= 11 is 1.72. The van der Waals surface area contributed by atoms with Crippen molar-refractivity contribution in [3.63, 3.8) is 0 Å². The first-order valence-electron chi connectivity index (χ1n) is 11.4. The lowest BCUT2D eigenvalue weighted by atomic mass is 9.81.